The van der Waals surface area contributed by atoms with E-state index in [4.69, 9.17) is 5.11 Å². The second-order valence-corrected chi connectivity index (χ2v) is 4.02. The lowest BCUT2D eigenvalue weighted by molar-refractivity contribution is 0.162. The molecule has 0 aromatic rings. The molecule has 0 aliphatic heterocycles. The molecule has 1 unspecified atom stereocenters. The molecule has 2 amide bonds. The van der Waals surface area contributed by atoms with E-state index < -0.39 is 0 Å². The van der Waals surface area contributed by atoms with E-state index in [0.29, 0.717) is 13.0 Å². The Labute approximate surface area is 92.7 Å². The molecule has 0 fully saturated rings. The van der Waals surface area contributed by atoms with E-state index in [0.717, 1.165) is 12.8 Å². The van der Waals surface area contributed by atoms with Gasteiger partial charge in [-0.3, -0.25) is 0 Å². The van der Waals surface area contributed by atoms with Gasteiger partial charge in [-0.1, -0.05) is 13.8 Å². The number of aliphatic hydroxyl groups excluding tert-OH is 1. The number of carbonyl (C=O) groups excluding carboxylic acids is 1. The summed E-state index contributed by atoms with van der Waals surface area (Å²) in [6.07, 6.45) is 2.17. The molecule has 4 nitrogen and oxygen atoms in total. The van der Waals surface area contributed by atoms with Crippen LogP contribution >= 0.6 is 0 Å². The maximum Gasteiger partial charge on any atom is 0.317 e. The van der Waals surface area contributed by atoms with Gasteiger partial charge in [0.2, 0.25) is 0 Å². The summed E-state index contributed by atoms with van der Waals surface area (Å²) in [5, 5.41) is 12.0. The van der Waals surface area contributed by atoms with E-state index in [1.807, 2.05) is 0 Å². The van der Waals surface area contributed by atoms with E-state index in [2.05, 4.69) is 19.2 Å². The molecular formula is C11H24N2O2. The fraction of sp³-hybridized carbons (Fsp3) is 0.909. The third-order valence-corrected chi connectivity index (χ3v) is 2.54. The first-order valence-corrected chi connectivity index (χ1v) is 5.70. The van der Waals surface area contributed by atoms with Crippen molar-refractivity contribution in [3.63, 3.8) is 0 Å². The predicted octanol–water partition coefficient (Wildman–Crippen LogP) is 1.59. The number of amides is 2. The Balaban J connectivity index is 3.87. The molecule has 1 atom stereocenters. The molecule has 0 rings (SSSR count). The predicted molar refractivity (Wildman–Crippen MR) is 61.8 cm³/mol. The quantitative estimate of drug-likeness (QED) is 0.708. The van der Waals surface area contributed by atoms with E-state index in [-0.39, 0.29) is 18.2 Å². The first-order valence-electron chi connectivity index (χ1n) is 5.70. The van der Waals surface area contributed by atoms with Crippen LogP contribution in [0.1, 0.15) is 40.0 Å². The Kier molecular flexibility index (Phi) is 7.13. The second kappa shape index (κ2) is 7.51. The van der Waals surface area contributed by atoms with Crippen LogP contribution in [0.2, 0.25) is 0 Å². The largest absolute Gasteiger partial charge is 0.393 e. The maximum atomic E-state index is 11.6. The zero-order valence-corrected chi connectivity index (χ0v) is 10.3. The number of aliphatic hydroxyl groups is 1. The van der Waals surface area contributed by atoms with Gasteiger partial charge in [0.1, 0.15) is 0 Å². The summed E-state index contributed by atoms with van der Waals surface area (Å²) in [5.41, 5.74) is 0. The molecule has 0 spiro atoms. The van der Waals surface area contributed by atoms with Gasteiger partial charge in [0.15, 0.2) is 0 Å². The average Bonchev–Trinajstić information content (AvgIpc) is 2.21. The van der Waals surface area contributed by atoms with Crippen LogP contribution in [0.25, 0.3) is 0 Å². The van der Waals surface area contributed by atoms with Crippen LogP contribution in [-0.4, -0.2) is 41.8 Å². The number of hydrogen-bond donors (Lipinski definition) is 2. The van der Waals surface area contributed by atoms with Gasteiger partial charge < -0.3 is 15.3 Å². The lowest BCUT2D eigenvalue weighted by Crippen LogP contribution is -2.43. The minimum absolute atomic E-state index is 0.0515. The van der Waals surface area contributed by atoms with E-state index in [1.54, 1.807) is 18.9 Å². The lowest BCUT2D eigenvalue weighted by atomic mass is 10.2. The number of carbonyl (C=O) groups is 1. The number of urea groups is 1. The van der Waals surface area contributed by atoms with Crippen molar-refractivity contribution in [1.29, 1.82) is 0 Å². The molecule has 0 aliphatic carbocycles. The molecule has 0 bridgehead atoms. The SMILES string of the molecule is CCC(CC)NC(=O)N(C)CCC(C)O. The zero-order valence-electron chi connectivity index (χ0n) is 10.3. The smallest absolute Gasteiger partial charge is 0.317 e. The highest BCUT2D eigenvalue weighted by molar-refractivity contribution is 5.74. The molecule has 2 N–H and O–H groups in total. The maximum absolute atomic E-state index is 11.6. The Morgan fingerprint density at radius 3 is 2.33 bits per heavy atom. The Hall–Kier alpha value is -0.770. The molecule has 0 heterocycles. The van der Waals surface area contributed by atoms with Gasteiger partial charge in [-0.15, -0.1) is 0 Å². The second-order valence-electron chi connectivity index (χ2n) is 4.02. The van der Waals surface area contributed by atoms with Crippen molar-refractivity contribution < 1.29 is 9.90 Å². The summed E-state index contributed by atoms with van der Waals surface area (Å²) in [4.78, 5) is 13.2. The summed E-state index contributed by atoms with van der Waals surface area (Å²) >= 11 is 0. The topological polar surface area (TPSA) is 52.6 Å². The third kappa shape index (κ3) is 6.33. The van der Waals surface area contributed by atoms with Crippen LogP contribution in [0.15, 0.2) is 0 Å². The van der Waals surface area contributed by atoms with Crippen molar-refractivity contribution in [2.24, 2.45) is 0 Å². The Morgan fingerprint density at radius 2 is 1.93 bits per heavy atom. The summed E-state index contributed by atoms with van der Waals surface area (Å²) in [6.45, 7) is 6.44. The fourth-order valence-corrected chi connectivity index (χ4v) is 1.26. The standard InChI is InChI=1S/C11H24N2O2/c1-5-10(6-2)12-11(15)13(4)8-7-9(3)14/h9-10,14H,5-8H2,1-4H3,(H,12,15). The first kappa shape index (κ1) is 14.2. The van der Waals surface area contributed by atoms with Crippen molar-refractivity contribution in [3.8, 4) is 0 Å². The van der Waals surface area contributed by atoms with Gasteiger partial charge in [-0.25, -0.2) is 4.79 Å². The lowest BCUT2D eigenvalue weighted by Gasteiger charge is -2.22. The number of nitrogens with one attached hydrogen (secondary N) is 1. The van der Waals surface area contributed by atoms with Crippen LogP contribution in [0.5, 0.6) is 0 Å². The first-order chi connectivity index (χ1) is 7.01. The summed E-state index contributed by atoms with van der Waals surface area (Å²) in [5.74, 6) is 0. The van der Waals surface area contributed by atoms with Gasteiger partial charge in [-0.2, -0.15) is 0 Å². The van der Waals surface area contributed by atoms with Gasteiger partial charge in [0, 0.05) is 19.6 Å². The van der Waals surface area contributed by atoms with Crippen LogP contribution in [0, 0.1) is 0 Å². The van der Waals surface area contributed by atoms with Crippen molar-refractivity contribution in [2.45, 2.75) is 52.2 Å². The number of nitrogens with zero attached hydrogens (tertiary/aromatic N) is 1. The van der Waals surface area contributed by atoms with E-state index >= 15 is 0 Å². The molecular weight excluding hydrogens is 192 g/mol. The Bertz CT molecular complexity index is 179. The summed E-state index contributed by atoms with van der Waals surface area (Å²) in [7, 11) is 1.75. The molecule has 0 saturated carbocycles. The summed E-state index contributed by atoms with van der Waals surface area (Å²) < 4.78 is 0. The van der Waals surface area contributed by atoms with Crippen LogP contribution in [-0.2, 0) is 0 Å². The molecule has 0 aromatic heterocycles. The van der Waals surface area contributed by atoms with Crippen molar-refractivity contribution >= 4 is 6.03 Å². The van der Waals surface area contributed by atoms with Crippen LogP contribution in [0.4, 0.5) is 4.79 Å². The summed E-state index contributed by atoms with van der Waals surface area (Å²) in [6, 6.07) is 0.204. The van der Waals surface area contributed by atoms with Crippen LogP contribution in [0.3, 0.4) is 0 Å². The molecule has 0 radical (unpaired) electrons. The van der Waals surface area contributed by atoms with E-state index in [9.17, 15) is 4.79 Å². The van der Waals surface area contributed by atoms with Crippen LogP contribution < -0.4 is 5.32 Å². The fourth-order valence-electron chi connectivity index (χ4n) is 1.26. The van der Waals surface area contributed by atoms with Crippen molar-refractivity contribution in [2.75, 3.05) is 13.6 Å². The molecule has 0 aliphatic rings. The zero-order chi connectivity index (χ0) is 11.8. The number of rotatable bonds is 6. The highest BCUT2D eigenvalue weighted by atomic mass is 16.3. The monoisotopic (exact) mass is 216 g/mol. The normalized spacial score (nSPS) is 12.7. The molecule has 4 heteroatoms. The van der Waals surface area contributed by atoms with Gasteiger partial charge in [0.25, 0.3) is 0 Å². The van der Waals surface area contributed by atoms with Gasteiger partial charge in [-0.05, 0) is 26.2 Å². The van der Waals surface area contributed by atoms with Crippen molar-refractivity contribution in [1.82, 2.24) is 10.2 Å². The third-order valence-electron chi connectivity index (χ3n) is 2.54. The minimum Gasteiger partial charge on any atom is -0.393 e. The molecule has 90 valence electrons. The molecule has 0 aromatic carbocycles. The highest BCUT2D eigenvalue weighted by Gasteiger charge is 2.12. The van der Waals surface area contributed by atoms with Crippen molar-refractivity contribution in [3.05, 3.63) is 0 Å². The molecule has 0 saturated heterocycles. The van der Waals surface area contributed by atoms with Gasteiger partial charge in [0.05, 0.1) is 6.10 Å². The minimum atomic E-state index is -0.353. The number of hydrogen-bond acceptors (Lipinski definition) is 2. The molecule has 15 heavy (non-hydrogen) atoms. The highest BCUT2D eigenvalue weighted by Crippen LogP contribution is 1.99. The van der Waals surface area contributed by atoms with Gasteiger partial charge >= 0.3 is 6.03 Å². The Morgan fingerprint density at radius 1 is 1.40 bits per heavy atom. The average molecular weight is 216 g/mol. The van der Waals surface area contributed by atoms with E-state index in [1.165, 1.54) is 0 Å².